The fourth-order valence-corrected chi connectivity index (χ4v) is 6.18. The Balaban J connectivity index is 0.000000301. The molecule has 0 radical (unpaired) electrons. The Kier molecular flexibility index (Phi) is 20.9. The van der Waals surface area contributed by atoms with Gasteiger partial charge in [-0.15, -0.1) is 17.9 Å². The van der Waals surface area contributed by atoms with Gasteiger partial charge in [0.15, 0.2) is 0 Å². The summed E-state index contributed by atoms with van der Waals surface area (Å²) >= 11 is 18.0. The first kappa shape index (κ1) is 52.7. The molecule has 0 aromatic carbocycles. The van der Waals surface area contributed by atoms with Gasteiger partial charge in [0, 0.05) is 73.5 Å². The van der Waals surface area contributed by atoms with Gasteiger partial charge in [-0.25, -0.2) is 0 Å². The quantitative estimate of drug-likeness (QED) is 0.106. The number of pyridine rings is 3. The average molecular weight is 969 g/mol. The minimum Gasteiger partial charge on any atom is -0.263 e. The van der Waals surface area contributed by atoms with Gasteiger partial charge in [-0.1, -0.05) is 55.6 Å². The van der Waals surface area contributed by atoms with Crippen LogP contribution in [-0.2, 0) is 19.6 Å². The fraction of sp³-hybridized carbons (Fsp3) is 0.333. The Morgan fingerprint density at radius 2 is 0.717 bits per heavy atom. The van der Waals surface area contributed by atoms with E-state index < -0.39 is 38.2 Å². The van der Waals surface area contributed by atoms with Crippen LogP contribution < -0.4 is 0 Å². The molecule has 60 heavy (non-hydrogen) atoms. The largest absolute Gasteiger partial charge is 0.408 e. The van der Waals surface area contributed by atoms with Crippen LogP contribution in [0.15, 0.2) is 92.2 Å². The van der Waals surface area contributed by atoms with Crippen molar-refractivity contribution in [3.05, 3.63) is 141 Å². The van der Waals surface area contributed by atoms with Crippen LogP contribution in [0.1, 0.15) is 72.3 Å². The van der Waals surface area contributed by atoms with Crippen LogP contribution in [-0.4, -0.2) is 62.8 Å². The zero-order valence-electron chi connectivity index (χ0n) is 31.9. The van der Waals surface area contributed by atoms with Gasteiger partial charge in [0.1, 0.15) is 19.6 Å². The molecule has 0 aliphatic carbocycles. The number of hydrogen-bond donors (Lipinski definition) is 0. The molecule has 0 bridgehead atoms. The molecular formula is C36H40Cl3F9N9P3. The van der Waals surface area contributed by atoms with E-state index in [-0.39, 0.29) is 27.7 Å². The molecule has 6 atom stereocenters. The van der Waals surface area contributed by atoms with Gasteiger partial charge >= 0.3 is 18.5 Å². The Morgan fingerprint density at radius 3 is 0.917 bits per heavy atom. The lowest BCUT2D eigenvalue weighted by Crippen LogP contribution is -2.18. The molecule has 0 saturated carbocycles. The third kappa shape index (κ3) is 17.2. The Hall–Kier alpha value is -3.39. The first-order valence-electron chi connectivity index (χ1n) is 17.0. The lowest BCUT2D eigenvalue weighted by Gasteiger charge is -2.11. The summed E-state index contributed by atoms with van der Waals surface area (Å²) in [6.07, 6.45) is 0.374. The van der Waals surface area contributed by atoms with Crippen molar-refractivity contribution in [3.8, 4) is 0 Å². The van der Waals surface area contributed by atoms with E-state index in [1.165, 1.54) is 37.2 Å². The first-order chi connectivity index (χ1) is 27.6. The Morgan fingerprint density at radius 1 is 0.483 bits per heavy atom. The smallest absolute Gasteiger partial charge is 0.263 e. The topological polar surface area (TPSA) is 92.1 Å². The second-order valence-corrected chi connectivity index (χ2v) is 13.7. The molecule has 0 N–H and O–H groups in total. The summed E-state index contributed by atoms with van der Waals surface area (Å²) in [5.41, 5.74) is 3.98. The summed E-state index contributed by atoms with van der Waals surface area (Å²) in [5, 5.41) is 13.2. The minimum absolute atomic E-state index is 0. The summed E-state index contributed by atoms with van der Waals surface area (Å²) < 4.78 is 113. The van der Waals surface area contributed by atoms with E-state index in [1.54, 1.807) is 55.0 Å². The molecule has 328 valence electrons. The molecule has 24 heteroatoms. The van der Waals surface area contributed by atoms with Crippen LogP contribution in [0.25, 0.3) is 0 Å². The van der Waals surface area contributed by atoms with Crippen LogP contribution in [0.2, 0.25) is 15.1 Å². The van der Waals surface area contributed by atoms with E-state index >= 15 is 0 Å². The van der Waals surface area contributed by atoms with Gasteiger partial charge < -0.3 is 0 Å². The van der Waals surface area contributed by atoms with Crippen LogP contribution in [0.4, 0.5) is 39.5 Å². The standard InChI is InChI=1S/3C12H11ClF3N3.H4P2.H3P/c3*1-8(9-2-4-17-6-10(9)13)11-3-5-19(18-11)7-12(14,15)16;1-2;/h3*2-6,8H,7H2,1H3;1-2H2;1H3/t2*8-;;;/m10.../s1. The van der Waals surface area contributed by atoms with Crippen molar-refractivity contribution >= 4 is 62.6 Å². The van der Waals surface area contributed by atoms with Gasteiger partial charge in [0.2, 0.25) is 0 Å². The van der Waals surface area contributed by atoms with Gasteiger partial charge in [-0.2, -0.15) is 64.7 Å². The van der Waals surface area contributed by atoms with Crippen molar-refractivity contribution in [1.29, 1.82) is 0 Å². The van der Waals surface area contributed by atoms with Crippen molar-refractivity contribution in [2.45, 2.75) is 76.7 Å². The number of nitrogens with zero attached hydrogens (tertiary/aromatic N) is 9. The molecule has 6 heterocycles. The molecule has 0 spiro atoms. The lowest BCUT2D eigenvalue weighted by atomic mass is 9.99. The summed E-state index contributed by atoms with van der Waals surface area (Å²) in [6.45, 7) is 2.22. The second-order valence-electron chi connectivity index (χ2n) is 12.5. The van der Waals surface area contributed by atoms with Crippen molar-refractivity contribution in [3.63, 3.8) is 0 Å². The third-order valence-corrected chi connectivity index (χ3v) is 9.10. The monoisotopic (exact) mass is 967 g/mol. The summed E-state index contributed by atoms with van der Waals surface area (Å²) in [7, 11) is 4.67. The summed E-state index contributed by atoms with van der Waals surface area (Å²) in [5.74, 6) is -0.569. The molecule has 0 aliphatic rings. The van der Waals surface area contributed by atoms with E-state index in [0.717, 1.165) is 30.7 Å². The molecule has 6 rings (SSSR count). The van der Waals surface area contributed by atoms with Crippen molar-refractivity contribution < 1.29 is 39.5 Å². The van der Waals surface area contributed by atoms with E-state index in [0.29, 0.717) is 32.1 Å². The number of alkyl halides is 9. The number of aromatic nitrogens is 9. The molecule has 6 aromatic rings. The minimum atomic E-state index is -4.28. The van der Waals surface area contributed by atoms with E-state index in [1.807, 2.05) is 20.8 Å². The van der Waals surface area contributed by atoms with Crippen molar-refractivity contribution in [2.75, 3.05) is 0 Å². The molecule has 0 fully saturated rings. The van der Waals surface area contributed by atoms with Gasteiger partial charge in [-0.3, -0.25) is 29.0 Å². The maximum atomic E-state index is 12.2. The maximum absolute atomic E-state index is 12.2. The van der Waals surface area contributed by atoms with E-state index in [2.05, 4.69) is 48.1 Å². The predicted molar refractivity (Wildman–Crippen MR) is 226 cm³/mol. The zero-order chi connectivity index (χ0) is 44.1. The van der Waals surface area contributed by atoms with Crippen LogP contribution in [0.5, 0.6) is 0 Å². The number of hydrogen-bond acceptors (Lipinski definition) is 6. The van der Waals surface area contributed by atoms with Crippen molar-refractivity contribution in [2.24, 2.45) is 0 Å². The SMILES string of the molecule is CC(c1ccn(CC(F)(F)F)n1)c1ccncc1Cl.C[C@@H](c1ccn(CC(F)(F)F)n1)c1ccncc1Cl.C[C@H](c1ccn(CC(F)(F)F)n1)c1ccncc1Cl.P.PP. The molecule has 6 aromatic heterocycles. The normalized spacial score (nSPS) is 12.9. The van der Waals surface area contributed by atoms with Crippen LogP contribution >= 0.6 is 62.6 Å². The van der Waals surface area contributed by atoms with E-state index in [9.17, 15) is 39.5 Å². The number of halogens is 12. The molecular weight excluding hydrogens is 929 g/mol. The number of rotatable bonds is 9. The molecule has 0 saturated heterocycles. The lowest BCUT2D eigenvalue weighted by molar-refractivity contribution is -0.143. The highest BCUT2D eigenvalue weighted by atomic mass is 35.5. The molecule has 0 aliphatic heterocycles. The highest BCUT2D eigenvalue weighted by Gasteiger charge is 2.30. The summed E-state index contributed by atoms with van der Waals surface area (Å²) in [4.78, 5) is 11.6. The summed E-state index contributed by atoms with van der Waals surface area (Å²) in [6, 6.07) is 9.88. The van der Waals surface area contributed by atoms with E-state index in [4.69, 9.17) is 34.8 Å². The Bertz CT molecular complexity index is 1960. The fourth-order valence-electron chi connectivity index (χ4n) is 5.33. The third-order valence-electron chi connectivity index (χ3n) is 8.15. The predicted octanol–water partition coefficient (Wildman–Crippen LogP) is 11.6. The van der Waals surface area contributed by atoms with Gasteiger partial charge in [0.25, 0.3) is 0 Å². The molecule has 9 nitrogen and oxygen atoms in total. The Labute approximate surface area is 362 Å². The second kappa shape index (κ2) is 23.7. The highest BCUT2D eigenvalue weighted by Crippen LogP contribution is 2.31. The first-order valence-corrected chi connectivity index (χ1v) is 20.8. The van der Waals surface area contributed by atoms with Gasteiger partial charge in [0.05, 0.1) is 32.1 Å². The zero-order valence-corrected chi connectivity index (χ0v) is 37.9. The highest BCUT2D eigenvalue weighted by molar-refractivity contribution is 7.92. The average Bonchev–Trinajstić information content (AvgIpc) is 3.93. The maximum Gasteiger partial charge on any atom is 0.408 e. The van der Waals surface area contributed by atoms with Crippen molar-refractivity contribution in [1.82, 2.24) is 44.3 Å². The van der Waals surface area contributed by atoms with Gasteiger partial charge in [-0.05, 0) is 53.1 Å². The van der Waals surface area contributed by atoms with Crippen LogP contribution in [0.3, 0.4) is 0 Å². The molecule has 0 amide bonds. The van der Waals surface area contributed by atoms with Crippen LogP contribution in [0, 0.1) is 0 Å². The molecule has 4 unspecified atom stereocenters.